The summed E-state index contributed by atoms with van der Waals surface area (Å²) in [7, 11) is 0. The van der Waals surface area contributed by atoms with E-state index in [0.717, 1.165) is 0 Å². The highest BCUT2D eigenvalue weighted by Gasteiger charge is 2.06. The van der Waals surface area contributed by atoms with Crippen molar-refractivity contribution in [3.63, 3.8) is 0 Å². The number of carboxylic acids is 2. The normalized spacial score (nSPS) is 9.57. The van der Waals surface area contributed by atoms with Gasteiger partial charge in [0.25, 0.3) is 0 Å². The van der Waals surface area contributed by atoms with E-state index in [1.165, 1.54) is 0 Å². The summed E-state index contributed by atoms with van der Waals surface area (Å²) in [4.78, 5) is 30.7. The van der Waals surface area contributed by atoms with Crippen LogP contribution in [0.4, 0.5) is 0 Å². The van der Waals surface area contributed by atoms with Crippen molar-refractivity contribution in [3.8, 4) is 5.75 Å². The van der Waals surface area contributed by atoms with Gasteiger partial charge in [-0.15, -0.1) is 0 Å². The molecule has 2 N–H and O–H groups in total. The first kappa shape index (κ1) is 17.6. The zero-order chi connectivity index (χ0) is 17.1. The maximum atomic E-state index is 11.6. The third-order valence-corrected chi connectivity index (χ3v) is 2.33. The van der Waals surface area contributed by atoms with Crippen LogP contribution >= 0.6 is 0 Å². The molecule has 0 unspecified atom stereocenters. The summed E-state index contributed by atoms with van der Waals surface area (Å²) in [6.07, 6.45) is 1.12. The van der Waals surface area contributed by atoms with E-state index in [1.54, 1.807) is 24.3 Å². The first-order valence-electron chi connectivity index (χ1n) is 6.45. The molecule has 0 bridgehead atoms. The molecule has 0 aliphatic rings. The van der Waals surface area contributed by atoms with Gasteiger partial charge in [-0.25, -0.2) is 14.4 Å². The number of carbonyl (C=O) groups is 3. The van der Waals surface area contributed by atoms with Gasteiger partial charge in [0.05, 0.1) is 5.56 Å². The second-order valence-corrected chi connectivity index (χ2v) is 4.08. The number of esters is 1. The molecule has 0 heterocycles. The van der Waals surface area contributed by atoms with E-state index < -0.39 is 11.9 Å². The number of hydrogen-bond acceptors (Lipinski definition) is 4. The molecule has 6 heteroatoms. The Labute approximate surface area is 132 Å². The fraction of sp³-hybridized carbons (Fsp3) is 0. The van der Waals surface area contributed by atoms with Crippen molar-refractivity contribution in [1.82, 2.24) is 0 Å². The molecule has 0 amide bonds. The van der Waals surface area contributed by atoms with Crippen molar-refractivity contribution < 1.29 is 29.3 Å². The molecule has 23 heavy (non-hydrogen) atoms. The monoisotopic (exact) mass is 314 g/mol. The molecular weight excluding hydrogens is 300 g/mol. The van der Waals surface area contributed by atoms with Crippen LogP contribution in [0.25, 0.3) is 0 Å². The summed E-state index contributed by atoms with van der Waals surface area (Å²) >= 11 is 0. The summed E-state index contributed by atoms with van der Waals surface area (Å²) in [5.41, 5.74) is 0.557. The van der Waals surface area contributed by atoms with Gasteiger partial charge in [0, 0.05) is 12.2 Å². The molecule has 0 radical (unpaired) electrons. The Morgan fingerprint density at radius 1 is 0.739 bits per heavy atom. The molecule has 2 rings (SSSR count). The maximum absolute atomic E-state index is 11.6. The molecule has 0 aromatic heterocycles. The molecule has 0 saturated heterocycles. The molecule has 0 atom stereocenters. The van der Waals surface area contributed by atoms with Crippen LogP contribution in [0.2, 0.25) is 0 Å². The van der Waals surface area contributed by atoms with E-state index in [9.17, 15) is 14.4 Å². The van der Waals surface area contributed by atoms with Gasteiger partial charge in [0.15, 0.2) is 0 Å². The van der Waals surface area contributed by atoms with Crippen LogP contribution in [-0.2, 0) is 9.59 Å². The highest BCUT2D eigenvalue weighted by atomic mass is 16.5. The lowest BCUT2D eigenvalue weighted by atomic mass is 10.2. The first-order chi connectivity index (χ1) is 11.0. The molecule has 2 aromatic carbocycles. The van der Waals surface area contributed by atoms with Gasteiger partial charge in [-0.3, -0.25) is 0 Å². The predicted octanol–water partition coefficient (Wildman–Crippen LogP) is 2.62. The minimum Gasteiger partial charge on any atom is -0.478 e. The van der Waals surface area contributed by atoms with Crippen LogP contribution in [0, 0.1) is 0 Å². The Bertz CT molecular complexity index is 661. The third-order valence-electron chi connectivity index (χ3n) is 2.33. The Morgan fingerprint density at radius 2 is 1.17 bits per heavy atom. The summed E-state index contributed by atoms with van der Waals surface area (Å²) in [6.45, 7) is 0. The van der Waals surface area contributed by atoms with Crippen LogP contribution in [0.15, 0.2) is 72.8 Å². The van der Waals surface area contributed by atoms with Gasteiger partial charge in [0.1, 0.15) is 5.75 Å². The summed E-state index contributed by atoms with van der Waals surface area (Å²) in [6, 6.07) is 18.0. The quantitative estimate of drug-likeness (QED) is 0.511. The number of carbonyl (C=O) groups excluding carboxylic acids is 1. The predicted molar refractivity (Wildman–Crippen MR) is 82.3 cm³/mol. The molecule has 0 saturated carbocycles. The Morgan fingerprint density at radius 3 is 1.61 bits per heavy atom. The number of hydrogen-bond donors (Lipinski definition) is 2. The Hall–Kier alpha value is -3.41. The van der Waals surface area contributed by atoms with Crippen LogP contribution in [0.5, 0.6) is 5.75 Å². The minimum absolute atomic E-state index is 0.332. The van der Waals surface area contributed by atoms with Crippen LogP contribution in [-0.4, -0.2) is 28.1 Å². The van der Waals surface area contributed by atoms with Crippen molar-refractivity contribution in [3.05, 3.63) is 78.4 Å². The zero-order valence-electron chi connectivity index (χ0n) is 12.0. The largest absolute Gasteiger partial charge is 0.478 e. The van der Waals surface area contributed by atoms with Gasteiger partial charge in [-0.05, 0) is 24.3 Å². The number of rotatable bonds is 4. The lowest BCUT2D eigenvalue weighted by Gasteiger charge is -2.02. The third kappa shape index (κ3) is 7.81. The van der Waals surface area contributed by atoms with Crippen molar-refractivity contribution in [2.75, 3.05) is 0 Å². The van der Waals surface area contributed by atoms with E-state index in [-0.39, 0.29) is 5.97 Å². The molecule has 0 spiro atoms. The van der Waals surface area contributed by atoms with Crippen molar-refractivity contribution in [2.24, 2.45) is 0 Å². The Kier molecular flexibility index (Phi) is 7.30. The topological polar surface area (TPSA) is 101 Å². The average Bonchev–Trinajstić information content (AvgIpc) is 2.55. The molecule has 0 fully saturated rings. The van der Waals surface area contributed by atoms with Crippen molar-refractivity contribution in [2.45, 2.75) is 0 Å². The van der Waals surface area contributed by atoms with Gasteiger partial charge >= 0.3 is 17.9 Å². The van der Waals surface area contributed by atoms with Gasteiger partial charge in [0.2, 0.25) is 0 Å². The zero-order valence-corrected chi connectivity index (χ0v) is 12.0. The molecule has 0 aliphatic carbocycles. The van der Waals surface area contributed by atoms with E-state index in [1.807, 2.05) is 36.4 Å². The molecule has 118 valence electrons. The highest BCUT2D eigenvalue weighted by Crippen LogP contribution is 2.11. The van der Waals surface area contributed by atoms with Crippen molar-refractivity contribution >= 4 is 17.9 Å². The molecule has 0 aliphatic heterocycles. The lowest BCUT2D eigenvalue weighted by Crippen LogP contribution is -2.07. The number of ether oxygens (including phenoxy) is 1. The number of carboxylic acid groups (broad SMARTS) is 2. The SMILES string of the molecule is O=C(O)/C=C\C(=O)O.O=C(Oc1ccccc1)c1ccccc1. The van der Waals surface area contributed by atoms with Gasteiger partial charge in [-0.1, -0.05) is 36.4 Å². The van der Waals surface area contributed by atoms with E-state index in [0.29, 0.717) is 23.5 Å². The van der Waals surface area contributed by atoms with E-state index in [2.05, 4.69) is 0 Å². The fourth-order valence-electron chi connectivity index (χ4n) is 1.37. The standard InChI is InChI=1S/C13H10O2.C4H4O4/c14-13(11-7-3-1-4-8-11)15-12-9-5-2-6-10-12;5-3(6)1-2-4(7)8/h1-10H;1-2H,(H,5,6)(H,7,8)/b;2-1-. The van der Waals surface area contributed by atoms with E-state index >= 15 is 0 Å². The molecular formula is C17H14O6. The number of benzene rings is 2. The smallest absolute Gasteiger partial charge is 0.343 e. The molecule has 6 nitrogen and oxygen atoms in total. The minimum atomic E-state index is -1.26. The second kappa shape index (κ2) is 9.51. The average molecular weight is 314 g/mol. The van der Waals surface area contributed by atoms with Gasteiger partial charge in [-0.2, -0.15) is 0 Å². The fourth-order valence-corrected chi connectivity index (χ4v) is 1.37. The summed E-state index contributed by atoms with van der Waals surface area (Å²) in [5, 5.41) is 15.6. The maximum Gasteiger partial charge on any atom is 0.343 e. The highest BCUT2D eigenvalue weighted by molar-refractivity contribution is 5.91. The summed E-state index contributed by atoms with van der Waals surface area (Å²) in [5.74, 6) is -2.28. The van der Waals surface area contributed by atoms with Crippen LogP contribution < -0.4 is 4.74 Å². The first-order valence-corrected chi connectivity index (χ1v) is 6.45. The van der Waals surface area contributed by atoms with Crippen LogP contribution in [0.3, 0.4) is 0 Å². The van der Waals surface area contributed by atoms with Gasteiger partial charge < -0.3 is 14.9 Å². The Balaban J connectivity index is 0.000000284. The summed E-state index contributed by atoms with van der Waals surface area (Å²) < 4.78 is 5.16. The van der Waals surface area contributed by atoms with Crippen LogP contribution in [0.1, 0.15) is 10.4 Å². The van der Waals surface area contributed by atoms with Crippen molar-refractivity contribution in [1.29, 1.82) is 0 Å². The number of aliphatic carboxylic acids is 2. The lowest BCUT2D eigenvalue weighted by molar-refractivity contribution is -0.134. The van der Waals surface area contributed by atoms with E-state index in [4.69, 9.17) is 14.9 Å². The molecule has 2 aromatic rings. The number of para-hydroxylation sites is 1. The second-order valence-electron chi connectivity index (χ2n) is 4.08.